The van der Waals surface area contributed by atoms with Crippen LogP contribution in [0.25, 0.3) is 0 Å². The van der Waals surface area contributed by atoms with Gasteiger partial charge in [0.2, 0.25) is 0 Å². The van der Waals surface area contributed by atoms with E-state index >= 15 is 0 Å². The Morgan fingerprint density at radius 2 is 2.21 bits per heavy atom. The van der Waals surface area contributed by atoms with Crippen molar-refractivity contribution in [2.75, 3.05) is 14.1 Å². The Labute approximate surface area is 87.7 Å². The topological polar surface area (TPSA) is 45.5 Å². The van der Waals surface area contributed by atoms with Gasteiger partial charge in [-0.1, -0.05) is 11.6 Å². The molecule has 0 aliphatic rings. The highest BCUT2D eigenvalue weighted by molar-refractivity contribution is 6.30. The number of aromatic nitrogens is 1. The van der Waals surface area contributed by atoms with Gasteiger partial charge in [-0.15, -0.1) is 0 Å². The molecule has 1 rings (SSSR count). The molecule has 1 heterocycles. The van der Waals surface area contributed by atoms with Crippen LogP contribution in [0.1, 0.15) is 16.1 Å². The highest BCUT2D eigenvalue weighted by Gasteiger charge is 2.15. The molecule has 0 fully saturated rings. The minimum atomic E-state index is -0.959. The van der Waals surface area contributed by atoms with Crippen LogP contribution in [0.2, 0.25) is 5.15 Å². The molecule has 1 aromatic rings. The van der Waals surface area contributed by atoms with Crippen LogP contribution in [-0.4, -0.2) is 34.6 Å². The lowest BCUT2D eigenvalue weighted by molar-refractivity contribution is 0.0686. The second kappa shape index (κ2) is 4.02. The molecule has 0 aliphatic carbocycles. The van der Waals surface area contributed by atoms with Gasteiger partial charge in [-0.25, -0.2) is 4.79 Å². The predicted molar refractivity (Wildman–Crippen MR) is 54.8 cm³/mol. The Balaban J connectivity index is 3.08. The molecule has 14 heavy (non-hydrogen) atoms. The standard InChI is InChI=1S/C9H13ClN2O2/c1-11(2)5-6-4-7(9(13)14)12(3)8(6)10/h4H,5H2,1-3H3,(H,13,14). The summed E-state index contributed by atoms with van der Waals surface area (Å²) < 4.78 is 1.47. The number of hydrogen-bond acceptors (Lipinski definition) is 2. The van der Waals surface area contributed by atoms with Crippen molar-refractivity contribution in [2.24, 2.45) is 7.05 Å². The van der Waals surface area contributed by atoms with Crippen LogP contribution in [0.4, 0.5) is 0 Å². The zero-order valence-corrected chi connectivity index (χ0v) is 9.17. The quantitative estimate of drug-likeness (QED) is 0.832. The Morgan fingerprint density at radius 3 is 2.57 bits per heavy atom. The molecular formula is C9H13ClN2O2. The van der Waals surface area contributed by atoms with Crippen molar-refractivity contribution in [3.63, 3.8) is 0 Å². The van der Waals surface area contributed by atoms with E-state index < -0.39 is 5.97 Å². The summed E-state index contributed by atoms with van der Waals surface area (Å²) >= 11 is 5.98. The first-order valence-electron chi connectivity index (χ1n) is 4.15. The molecule has 0 aromatic carbocycles. The molecule has 4 nitrogen and oxygen atoms in total. The minimum Gasteiger partial charge on any atom is -0.477 e. The van der Waals surface area contributed by atoms with E-state index in [2.05, 4.69) is 0 Å². The van der Waals surface area contributed by atoms with Gasteiger partial charge in [0.15, 0.2) is 0 Å². The summed E-state index contributed by atoms with van der Waals surface area (Å²) in [5.41, 5.74) is 1.04. The summed E-state index contributed by atoms with van der Waals surface area (Å²) in [5.74, 6) is -0.959. The van der Waals surface area contributed by atoms with E-state index in [1.807, 2.05) is 19.0 Å². The Hall–Kier alpha value is -1.00. The maximum Gasteiger partial charge on any atom is 0.352 e. The number of halogens is 1. The van der Waals surface area contributed by atoms with Gasteiger partial charge < -0.3 is 14.6 Å². The number of carboxylic acid groups (broad SMARTS) is 1. The summed E-state index contributed by atoms with van der Waals surface area (Å²) in [6.07, 6.45) is 0. The molecule has 0 saturated heterocycles. The minimum absolute atomic E-state index is 0.215. The van der Waals surface area contributed by atoms with Crippen molar-refractivity contribution in [3.05, 3.63) is 22.5 Å². The lowest BCUT2D eigenvalue weighted by Crippen LogP contribution is -2.10. The molecule has 0 bridgehead atoms. The molecule has 0 atom stereocenters. The van der Waals surface area contributed by atoms with Crippen LogP contribution in [-0.2, 0) is 13.6 Å². The average Bonchev–Trinajstić information content (AvgIpc) is 2.32. The van der Waals surface area contributed by atoms with Gasteiger partial charge in [0, 0.05) is 19.2 Å². The highest BCUT2D eigenvalue weighted by atomic mass is 35.5. The van der Waals surface area contributed by atoms with Crippen molar-refractivity contribution in [1.29, 1.82) is 0 Å². The van der Waals surface area contributed by atoms with Crippen LogP contribution >= 0.6 is 11.6 Å². The van der Waals surface area contributed by atoms with Gasteiger partial charge in [0.25, 0.3) is 0 Å². The third kappa shape index (κ3) is 2.08. The maximum atomic E-state index is 10.8. The molecule has 0 unspecified atom stereocenters. The van der Waals surface area contributed by atoms with E-state index in [9.17, 15) is 4.79 Å². The fourth-order valence-corrected chi connectivity index (χ4v) is 1.50. The molecule has 5 heteroatoms. The monoisotopic (exact) mass is 216 g/mol. The molecule has 0 amide bonds. The molecule has 78 valence electrons. The first kappa shape index (κ1) is 11.1. The van der Waals surface area contributed by atoms with Gasteiger partial charge in [-0.2, -0.15) is 0 Å². The van der Waals surface area contributed by atoms with Crippen LogP contribution in [0.3, 0.4) is 0 Å². The lowest BCUT2D eigenvalue weighted by Gasteiger charge is -2.07. The fourth-order valence-electron chi connectivity index (χ4n) is 1.30. The zero-order chi connectivity index (χ0) is 10.9. The maximum absolute atomic E-state index is 10.8. The van der Waals surface area contributed by atoms with Gasteiger partial charge in [0.05, 0.1) is 0 Å². The molecule has 0 radical (unpaired) electrons. The number of aromatic carboxylic acids is 1. The highest BCUT2D eigenvalue weighted by Crippen LogP contribution is 2.21. The number of nitrogens with zero attached hydrogens (tertiary/aromatic N) is 2. The molecular weight excluding hydrogens is 204 g/mol. The average molecular weight is 217 g/mol. The summed E-state index contributed by atoms with van der Waals surface area (Å²) in [7, 11) is 5.46. The lowest BCUT2D eigenvalue weighted by atomic mass is 10.3. The van der Waals surface area contributed by atoms with Crippen molar-refractivity contribution in [3.8, 4) is 0 Å². The van der Waals surface area contributed by atoms with E-state index in [-0.39, 0.29) is 5.69 Å². The number of carbonyl (C=O) groups is 1. The summed E-state index contributed by atoms with van der Waals surface area (Å²) in [6.45, 7) is 0.639. The van der Waals surface area contributed by atoms with Gasteiger partial charge in [0.1, 0.15) is 10.8 Å². The normalized spacial score (nSPS) is 10.9. The van der Waals surface area contributed by atoms with Gasteiger partial charge in [-0.05, 0) is 20.2 Å². The van der Waals surface area contributed by atoms with E-state index in [1.165, 1.54) is 4.57 Å². The van der Waals surface area contributed by atoms with Crippen molar-refractivity contribution in [1.82, 2.24) is 9.47 Å². The predicted octanol–water partition coefficient (Wildman–Crippen LogP) is 1.44. The number of rotatable bonds is 3. The van der Waals surface area contributed by atoms with Crippen molar-refractivity contribution >= 4 is 17.6 Å². The van der Waals surface area contributed by atoms with Crippen LogP contribution in [0.15, 0.2) is 6.07 Å². The molecule has 1 aromatic heterocycles. The number of hydrogen-bond donors (Lipinski definition) is 1. The summed E-state index contributed by atoms with van der Waals surface area (Å²) in [5, 5.41) is 9.33. The fraction of sp³-hybridized carbons (Fsp3) is 0.444. The van der Waals surface area contributed by atoms with E-state index in [0.717, 1.165) is 5.56 Å². The Kier molecular flexibility index (Phi) is 3.18. The third-order valence-corrected chi connectivity index (χ3v) is 2.43. The molecule has 0 aliphatic heterocycles. The van der Waals surface area contributed by atoms with Crippen LogP contribution < -0.4 is 0 Å². The largest absolute Gasteiger partial charge is 0.477 e. The zero-order valence-electron chi connectivity index (χ0n) is 8.41. The number of carboxylic acids is 1. The van der Waals surface area contributed by atoms with Crippen LogP contribution in [0, 0.1) is 0 Å². The molecule has 0 spiro atoms. The third-order valence-electron chi connectivity index (χ3n) is 1.94. The van der Waals surface area contributed by atoms with Crippen molar-refractivity contribution < 1.29 is 9.90 Å². The second-order valence-corrected chi connectivity index (χ2v) is 3.81. The van der Waals surface area contributed by atoms with Gasteiger partial charge in [-0.3, -0.25) is 0 Å². The van der Waals surface area contributed by atoms with E-state index in [1.54, 1.807) is 13.1 Å². The van der Waals surface area contributed by atoms with Gasteiger partial charge >= 0.3 is 5.97 Å². The first-order chi connectivity index (χ1) is 6.43. The van der Waals surface area contributed by atoms with E-state index in [4.69, 9.17) is 16.7 Å². The Morgan fingerprint density at radius 1 is 1.64 bits per heavy atom. The smallest absolute Gasteiger partial charge is 0.352 e. The van der Waals surface area contributed by atoms with E-state index in [0.29, 0.717) is 11.7 Å². The second-order valence-electron chi connectivity index (χ2n) is 3.45. The molecule has 1 N–H and O–H groups in total. The summed E-state index contributed by atoms with van der Waals surface area (Å²) in [6, 6.07) is 1.60. The molecule has 0 saturated carbocycles. The van der Waals surface area contributed by atoms with Crippen LogP contribution in [0.5, 0.6) is 0 Å². The first-order valence-corrected chi connectivity index (χ1v) is 4.53. The summed E-state index contributed by atoms with van der Waals surface area (Å²) in [4.78, 5) is 12.7. The van der Waals surface area contributed by atoms with Crippen molar-refractivity contribution in [2.45, 2.75) is 6.54 Å². The Bertz CT molecular complexity index is 358. The SMILES string of the molecule is CN(C)Cc1cc(C(=O)O)n(C)c1Cl.